The zero-order valence-corrected chi connectivity index (χ0v) is 17.0. The van der Waals surface area contributed by atoms with E-state index in [1.807, 2.05) is 18.3 Å². The summed E-state index contributed by atoms with van der Waals surface area (Å²) >= 11 is 0. The van der Waals surface area contributed by atoms with Gasteiger partial charge in [-0.05, 0) is 62.9 Å². The lowest BCUT2D eigenvalue weighted by molar-refractivity contribution is -0.134. The van der Waals surface area contributed by atoms with Crippen molar-refractivity contribution >= 4 is 17.6 Å². The van der Waals surface area contributed by atoms with Crippen molar-refractivity contribution in [3.05, 3.63) is 23.9 Å². The maximum atomic E-state index is 12.1. The molecule has 0 aliphatic carbocycles. The van der Waals surface area contributed by atoms with E-state index in [1.54, 1.807) is 0 Å². The summed E-state index contributed by atoms with van der Waals surface area (Å²) in [4.78, 5) is 33.1. The minimum absolute atomic E-state index is 0.174. The summed E-state index contributed by atoms with van der Waals surface area (Å²) in [5.74, 6) is 1.24. The first-order chi connectivity index (χ1) is 14.1. The van der Waals surface area contributed by atoms with Crippen molar-refractivity contribution in [3.8, 4) is 0 Å². The minimum atomic E-state index is -0.254. The third kappa shape index (κ3) is 3.90. The first-order valence-electron chi connectivity index (χ1n) is 11.1. The van der Waals surface area contributed by atoms with Gasteiger partial charge in [-0.2, -0.15) is 0 Å². The standard InChI is InChI=1S/C22H31N5O2/c28-20-4-2-18(21(29)25-20)17-1-3-19(24-11-17)27-14-22(15-27)7-10-26(13-22)12-16-5-8-23-9-6-16/h1,3,11,16,18,23H,2,4-10,12-15H2,(H,25,28,29). The molecule has 2 amide bonds. The normalized spacial score (nSPS) is 27.9. The van der Waals surface area contributed by atoms with Crippen LogP contribution >= 0.6 is 0 Å². The summed E-state index contributed by atoms with van der Waals surface area (Å²) in [6.45, 7) is 8.25. The first-order valence-corrected chi connectivity index (χ1v) is 11.1. The molecule has 0 bridgehead atoms. The Morgan fingerprint density at radius 1 is 1.10 bits per heavy atom. The van der Waals surface area contributed by atoms with Gasteiger partial charge < -0.3 is 15.1 Å². The second-order valence-corrected chi connectivity index (χ2v) is 9.49. The van der Waals surface area contributed by atoms with Gasteiger partial charge in [-0.3, -0.25) is 14.9 Å². The third-order valence-corrected chi connectivity index (χ3v) is 7.28. The maximum Gasteiger partial charge on any atom is 0.234 e. The molecular weight excluding hydrogens is 366 g/mol. The van der Waals surface area contributed by atoms with Gasteiger partial charge in [0.2, 0.25) is 11.8 Å². The Hall–Kier alpha value is -1.99. The van der Waals surface area contributed by atoms with Gasteiger partial charge in [-0.1, -0.05) is 6.07 Å². The molecule has 1 aromatic heterocycles. The van der Waals surface area contributed by atoms with Crippen LogP contribution in [0.3, 0.4) is 0 Å². The summed E-state index contributed by atoms with van der Waals surface area (Å²) in [7, 11) is 0. The number of rotatable bonds is 4. The molecule has 1 unspecified atom stereocenters. The zero-order chi connectivity index (χ0) is 19.8. The molecule has 4 fully saturated rings. The summed E-state index contributed by atoms with van der Waals surface area (Å²) in [5.41, 5.74) is 1.35. The quantitative estimate of drug-likeness (QED) is 0.742. The molecule has 0 aromatic carbocycles. The SMILES string of the molecule is O=C1CCC(c2ccc(N3CC4(CCN(CC5CCNCC5)C4)C3)nc2)C(=O)N1. The van der Waals surface area contributed by atoms with Gasteiger partial charge in [0.15, 0.2) is 0 Å². The number of hydrogen-bond donors (Lipinski definition) is 2. The van der Waals surface area contributed by atoms with Gasteiger partial charge in [0, 0.05) is 44.2 Å². The number of piperidine rings is 2. The Kier molecular flexibility index (Phi) is 5.04. The molecule has 156 valence electrons. The average molecular weight is 398 g/mol. The molecule has 2 N–H and O–H groups in total. The number of carbonyl (C=O) groups is 2. The van der Waals surface area contributed by atoms with E-state index in [-0.39, 0.29) is 17.7 Å². The van der Waals surface area contributed by atoms with Crippen molar-refractivity contribution in [3.63, 3.8) is 0 Å². The van der Waals surface area contributed by atoms with Crippen LogP contribution in [0.5, 0.6) is 0 Å². The summed E-state index contributed by atoms with van der Waals surface area (Å²) in [5, 5.41) is 5.89. The largest absolute Gasteiger partial charge is 0.355 e. The number of pyridine rings is 1. The van der Waals surface area contributed by atoms with Crippen molar-refractivity contribution in [1.29, 1.82) is 0 Å². The van der Waals surface area contributed by atoms with Crippen LogP contribution in [0.15, 0.2) is 18.3 Å². The number of aromatic nitrogens is 1. The highest BCUT2D eigenvalue weighted by atomic mass is 16.2. The van der Waals surface area contributed by atoms with Gasteiger partial charge in [-0.25, -0.2) is 4.98 Å². The van der Waals surface area contributed by atoms with Crippen LogP contribution in [0.2, 0.25) is 0 Å². The van der Waals surface area contributed by atoms with Crippen LogP contribution < -0.4 is 15.5 Å². The zero-order valence-electron chi connectivity index (χ0n) is 17.0. The topological polar surface area (TPSA) is 77.6 Å². The smallest absolute Gasteiger partial charge is 0.234 e. The van der Waals surface area contributed by atoms with Gasteiger partial charge in [0.1, 0.15) is 5.82 Å². The highest BCUT2D eigenvalue weighted by molar-refractivity contribution is 6.00. The molecule has 7 heteroatoms. The van der Waals surface area contributed by atoms with E-state index in [9.17, 15) is 9.59 Å². The van der Waals surface area contributed by atoms with E-state index >= 15 is 0 Å². The summed E-state index contributed by atoms with van der Waals surface area (Å²) in [6, 6.07) is 4.04. The average Bonchev–Trinajstić information content (AvgIpc) is 3.12. The molecule has 1 atom stereocenters. The minimum Gasteiger partial charge on any atom is -0.355 e. The van der Waals surface area contributed by atoms with Crippen molar-refractivity contribution in [2.24, 2.45) is 11.3 Å². The van der Waals surface area contributed by atoms with E-state index in [1.165, 1.54) is 52.0 Å². The lowest BCUT2D eigenvalue weighted by Crippen LogP contribution is -2.58. The monoisotopic (exact) mass is 397 g/mol. The van der Waals surface area contributed by atoms with E-state index in [0.29, 0.717) is 18.3 Å². The fourth-order valence-corrected chi connectivity index (χ4v) is 5.60. The maximum absolute atomic E-state index is 12.1. The van der Waals surface area contributed by atoms with E-state index in [2.05, 4.69) is 25.4 Å². The van der Waals surface area contributed by atoms with Crippen molar-refractivity contribution in [1.82, 2.24) is 20.5 Å². The molecule has 1 aromatic rings. The molecule has 1 spiro atoms. The third-order valence-electron chi connectivity index (χ3n) is 7.28. The molecule has 4 aliphatic heterocycles. The number of hydrogen-bond acceptors (Lipinski definition) is 6. The van der Waals surface area contributed by atoms with Crippen LogP contribution in [0.4, 0.5) is 5.82 Å². The fourth-order valence-electron chi connectivity index (χ4n) is 5.60. The number of nitrogens with one attached hydrogen (secondary N) is 2. The van der Waals surface area contributed by atoms with Crippen molar-refractivity contribution in [2.75, 3.05) is 50.7 Å². The lowest BCUT2D eigenvalue weighted by Gasteiger charge is -2.49. The molecule has 0 radical (unpaired) electrons. The Morgan fingerprint density at radius 2 is 1.93 bits per heavy atom. The molecule has 7 nitrogen and oxygen atoms in total. The van der Waals surface area contributed by atoms with Gasteiger partial charge in [0.05, 0.1) is 5.92 Å². The molecule has 29 heavy (non-hydrogen) atoms. The van der Waals surface area contributed by atoms with Crippen LogP contribution in [-0.4, -0.2) is 67.5 Å². The number of carbonyl (C=O) groups excluding carboxylic acids is 2. The molecule has 4 aliphatic rings. The molecule has 5 heterocycles. The summed E-state index contributed by atoms with van der Waals surface area (Å²) in [6.07, 6.45) is 6.73. The second-order valence-electron chi connectivity index (χ2n) is 9.49. The van der Waals surface area contributed by atoms with E-state index in [4.69, 9.17) is 0 Å². The van der Waals surface area contributed by atoms with E-state index < -0.39 is 0 Å². The lowest BCUT2D eigenvalue weighted by atomic mass is 9.79. The molecule has 5 rings (SSSR count). The highest BCUT2D eigenvalue weighted by Gasteiger charge is 2.48. The number of imide groups is 1. The number of likely N-dealkylation sites (tertiary alicyclic amines) is 1. The summed E-state index contributed by atoms with van der Waals surface area (Å²) < 4.78 is 0. The van der Waals surface area contributed by atoms with Crippen LogP contribution in [-0.2, 0) is 9.59 Å². The van der Waals surface area contributed by atoms with Crippen molar-refractivity contribution in [2.45, 2.75) is 38.0 Å². The Morgan fingerprint density at radius 3 is 2.66 bits per heavy atom. The first kappa shape index (κ1) is 19.0. The molecular formula is C22H31N5O2. The van der Waals surface area contributed by atoms with Crippen LogP contribution in [0.25, 0.3) is 0 Å². The second kappa shape index (κ2) is 7.69. The van der Waals surface area contributed by atoms with Crippen LogP contribution in [0, 0.1) is 11.3 Å². The predicted molar refractivity (Wildman–Crippen MR) is 111 cm³/mol. The van der Waals surface area contributed by atoms with Gasteiger partial charge >= 0.3 is 0 Å². The molecule has 0 saturated carbocycles. The number of amides is 2. The van der Waals surface area contributed by atoms with E-state index in [0.717, 1.165) is 30.4 Å². The predicted octanol–water partition coefficient (Wildman–Crippen LogP) is 1.11. The Balaban J connectivity index is 1.14. The highest BCUT2D eigenvalue weighted by Crippen LogP contribution is 2.41. The molecule has 4 saturated heterocycles. The van der Waals surface area contributed by atoms with Crippen LogP contribution in [0.1, 0.15) is 43.6 Å². The van der Waals surface area contributed by atoms with Gasteiger partial charge in [0.25, 0.3) is 0 Å². The Bertz CT molecular complexity index is 768. The Labute approximate surface area is 172 Å². The number of nitrogens with zero attached hydrogens (tertiary/aromatic N) is 3. The van der Waals surface area contributed by atoms with Gasteiger partial charge in [-0.15, -0.1) is 0 Å². The fraction of sp³-hybridized carbons (Fsp3) is 0.682. The number of anilines is 1. The van der Waals surface area contributed by atoms with Crippen molar-refractivity contribution < 1.29 is 9.59 Å².